The van der Waals surface area contributed by atoms with Crippen molar-refractivity contribution in [2.24, 2.45) is 0 Å². The van der Waals surface area contributed by atoms with E-state index in [1.165, 1.54) is 18.6 Å². The molecule has 2 heterocycles. The molecule has 0 saturated carbocycles. The molecule has 7 nitrogen and oxygen atoms in total. The van der Waals surface area contributed by atoms with Crippen molar-refractivity contribution in [3.05, 3.63) is 24.3 Å². The van der Waals surface area contributed by atoms with E-state index >= 15 is 0 Å². The highest BCUT2D eigenvalue weighted by molar-refractivity contribution is 5.91. The first-order valence-electron chi connectivity index (χ1n) is 7.90. The van der Waals surface area contributed by atoms with Crippen LogP contribution in [0.5, 0.6) is 0 Å². The molecule has 1 saturated heterocycles. The van der Waals surface area contributed by atoms with Crippen molar-refractivity contribution in [3.63, 3.8) is 0 Å². The average molecular weight is 320 g/mol. The maximum atomic E-state index is 12.3. The maximum absolute atomic E-state index is 12.3. The van der Waals surface area contributed by atoms with Gasteiger partial charge in [-0.1, -0.05) is 0 Å². The molecule has 126 valence electrons. The van der Waals surface area contributed by atoms with Crippen LogP contribution >= 0.6 is 0 Å². The Morgan fingerprint density at radius 2 is 2.13 bits per heavy atom. The number of aromatic nitrogens is 2. The minimum atomic E-state index is -0.526. The first kappa shape index (κ1) is 17.2. The van der Waals surface area contributed by atoms with Crippen LogP contribution in [0.25, 0.3) is 0 Å². The number of hydrogen-bond donors (Lipinski definition) is 1. The standard InChI is InChI=1S/C16H24N4O3/c1-16(2,3)23-15(22)20-9-5-4-6-12(20)10-19-14(21)13-11-17-7-8-18-13/h7-8,11-12H,4-6,9-10H2,1-3H3,(H,19,21)/t12-/m1/s1. The third-order valence-electron chi connectivity index (χ3n) is 3.55. The normalized spacial score (nSPS) is 18.4. The molecule has 1 atom stereocenters. The summed E-state index contributed by atoms with van der Waals surface area (Å²) in [6, 6.07) is -0.0563. The van der Waals surface area contributed by atoms with Gasteiger partial charge in [-0.3, -0.25) is 9.78 Å². The molecule has 2 rings (SSSR count). The minimum Gasteiger partial charge on any atom is -0.444 e. The molecule has 0 aliphatic carbocycles. The molecule has 1 aliphatic heterocycles. The zero-order chi connectivity index (χ0) is 16.9. The van der Waals surface area contributed by atoms with E-state index in [4.69, 9.17) is 4.74 Å². The highest BCUT2D eigenvalue weighted by atomic mass is 16.6. The molecule has 1 fully saturated rings. The molecular formula is C16H24N4O3. The SMILES string of the molecule is CC(C)(C)OC(=O)N1CCCC[C@@H]1CNC(=O)c1cnccn1. The lowest BCUT2D eigenvalue weighted by Crippen LogP contribution is -2.50. The Hall–Kier alpha value is -2.18. The first-order chi connectivity index (χ1) is 10.9. The zero-order valence-corrected chi connectivity index (χ0v) is 13.9. The molecule has 2 amide bonds. The van der Waals surface area contributed by atoms with Crippen molar-refractivity contribution in [2.45, 2.75) is 51.7 Å². The van der Waals surface area contributed by atoms with E-state index in [0.29, 0.717) is 13.1 Å². The van der Waals surface area contributed by atoms with Crippen molar-refractivity contribution < 1.29 is 14.3 Å². The highest BCUT2D eigenvalue weighted by Gasteiger charge is 2.30. The molecule has 0 radical (unpaired) electrons. The van der Waals surface area contributed by atoms with E-state index < -0.39 is 5.60 Å². The summed E-state index contributed by atoms with van der Waals surface area (Å²) in [6.45, 7) is 6.58. The van der Waals surface area contributed by atoms with Gasteiger partial charge in [-0.2, -0.15) is 0 Å². The number of rotatable bonds is 3. The number of carbonyl (C=O) groups excluding carboxylic acids is 2. The largest absolute Gasteiger partial charge is 0.444 e. The van der Waals surface area contributed by atoms with Crippen LogP contribution < -0.4 is 5.32 Å². The summed E-state index contributed by atoms with van der Waals surface area (Å²) < 4.78 is 5.45. The van der Waals surface area contributed by atoms with Crippen molar-refractivity contribution in [1.82, 2.24) is 20.2 Å². The van der Waals surface area contributed by atoms with Crippen LogP contribution in [0.4, 0.5) is 4.79 Å². The van der Waals surface area contributed by atoms with Crippen LogP contribution in [0.1, 0.15) is 50.5 Å². The Bertz CT molecular complexity index is 542. The summed E-state index contributed by atoms with van der Waals surface area (Å²) in [7, 11) is 0. The van der Waals surface area contributed by atoms with Crippen LogP contribution in [0.3, 0.4) is 0 Å². The summed E-state index contributed by atoms with van der Waals surface area (Å²) >= 11 is 0. The second-order valence-corrected chi connectivity index (χ2v) is 6.62. The molecular weight excluding hydrogens is 296 g/mol. The Kier molecular flexibility index (Phi) is 5.52. The molecule has 0 unspecified atom stereocenters. The van der Waals surface area contributed by atoms with Gasteiger partial charge in [0.15, 0.2) is 0 Å². The van der Waals surface area contributed by atoms with Crippen LogP contribution in [0.15, 0.2) is 18.6 Å². The minimum absolute atomic E-state index is 0.0563. The third kappa shape index (κ3) is 5.19. The number of ether oxygens (including phenoxy) is 1. The molecule has 1 aromatic heterocycles. The summed E-state index contributed by atoms with van der Waals surface area (Å²) in [6.07, 6.45) is 6.92. The molecule has 7 heteroatoms. The van der Waals surface area contributed by atoms with Crippen molar-refractivity contribution in [1.29, 1.82) is 0 Å². The Labute approximate surface area is 136 Å². The van der Waals surface area contributed by atoms with Crippen LogP contribution in [-0.2, 0) is 4.74 Å². The van der Waals surface area contributed by atoms with Gasteiger partial charge in [0.25, 0.3) is 5.91 Å². The second-order valence-electron chi connectivity index (χ2n) is 6.62. The number of nitrogens with one attached hydrogen (secondary N) is 1. The zero-order valence-electron chi connectivity index (χ0n) is 13.9. The molecule has 23 heavy (non-hydrogen) atoms. The first-order valence-corrected chi connectivity index (χ1v) is 7.90. The number of nitrogens with zero attached hydrogens (tertiary/aromatic N) is 3. The smallest absolute Gasteiger partial charge is 0.410 e. The Morgan fingerprint density at radius 1 is 1.35 bits per heavy atom. The van der Waals surface area contributed by atoms with Gasteiger partial charge in [-0.25, -0.2) is 9.78 Å². The maximum Gasteiger partial charge on any atom is 0.410 e. The van der Waals surface area contributed by atoms with Crippen LogP contribution in [-0.4, -0.2) is 51.6 Å². The van der Waals surface area contributed by atoms with E-state index in [1.807, 2.05) is 20.8 Å². The molecule has 0 spiro atoms. The van der Waals surface area contributed by atoms with E-state index in [0.717, 1.165) is 19.3 Å². The molecule has 1 N–H and O–H groups in total. The number of piperidine rings is 1. The number of likely N-dealkylation sites (tertiary alicyclic amines) is 1. The fourth-order valence-electron chi connectivity index (χ4n) is 2.49. The Balaban J connectivity index is 1.93. The van der Waals surface area contributed by atoms with Gasteiger partial charge in [-0.05, 0) is 40.0 Å². The third-order valence-corrected chi connectivity index (χ3v) is 3.55. The van der Waals surface area contributed by atoms with Gasteiger partial charge < -0.3 is 15.0 Å². The fourth-order valence-corrected chi connectivity index (χ4v) is 2.49. The van der Waals surface area contributed by atoms with Crippen LogP contribution in [0.2, 0.25) is 0 Å². The summed E-state index contributed by atoms with van der Waals surface area (Å²) in [4.78, 5) is 33.9. The Morgan fingerprint density at radius 3 is 2.78 bits per heavy atom. The number of hydrogen-bond acceptors (Lipinski definition) is 5. The molecule has 0 aromatic carbocycles. The highest BCUT2D eigenvalue weighted by Crippen LogP contribution is 2.20. The van der Waals surface area contributed by atoms with E-state index in [2.05, 4.69) is 15.3 Å². The van der Waals surface area contributed by atoms with Gasteiger partial charge in [-0.15, -0.1) is 0 Å². The van der Waals surface area contributed by atoms with E-state index in [9.17, 15) is 9.59 Å². The van der Waals surface area contributed by atoms with E-state index in [-0.39, 0.29) is 23.7 Å². The number of amides is 2. The lowest BCUT2D eigenvalue weighted by Gasteiger charge is -2.36. The van der Waals surface area contributed by atoms with Gasteiger partial charge in [0.1, 0.15) is 11.3 Å². The van der Waals surface area contributed by atoms with Crippen molar-refractivity contribution in [3.8, 4) is 0 Å². The summed E-state index contributed by atoms with van der Waals surface area (Å²) in [5, 5.41) is 2.83. The summed E-state index contributed by atoms with van der Waals surface area (Å²) in [5.74, 6) is -0.284. The lowest BCUT2D eigenvalue weighted by atomic mass is 10.0. The lowest BCUT2D eigenvalue weighted by molar-refractivity contribution is 0.00985. The average Bonchev–Trinajstić information content (AvgIpc) is 2.52. The van der Waals surface area contributed by atoms with Crippen molar-refractivity contribution in [2.75, 3.05) is 13.1 Å². The second kappa shape index (κ2) is 7.39. The quantitative estimate of drug-likeness (QED) is 0.921. The summed E-state index contributed by atoms with van der Waals surface area (Å²) in [5.41, 5.74) is -0.255. The molecule has 0 bridgehead atoms. The van der Waals surface area contributed by atoms with Crippen LogP contribution in [0, 0.1) is 0 Å². The fraction of sp³-hybridized carbons (Fsp3) is 0.625. The van der Waals surface area contributed by atoms with Gasteiger partial charge >= 0.3 is 6.09 Å². The predicted octanol–water partition coefficient (Wildman–Crippen LogP) is 2.00. The van der Waals surface area contributed by atoms with Crippen molar-refractivity contribution >= 4 is 12.0 Å². The van der Waals surface area contributed by atoms with Gasteiger partial charge in [0.05, 0.1) is 12.2 Å². The monoisotopic (exact) mass is 320 g/mol. The molecule has 1 aromatic rings. The van der Waals surface area contributed by atoms with Gasteiger partial charge in [0, 0.05) is 25.5 Å². The number of carbonyl (C=O) groups is 2. The van der Waals surface area contributed by atoms with E-state index in [1.54, 1.807) is 4.90 Å². The van der Waals surface area contributed by atoms with Gasteiger partial charge in [0.2, 0.25) is 0 Å². The molecule has 1 aliphatic rings. The predicted molar refractivity (Wildman–Crippen MR) is 84.9 cm³/mol. The topological polar surface area (TPSA) is 84.4 Å².